The van der Waals surface area contributed by atoms with E-state index in [-0.39, 0.29) is 0 Å². The molecule has 96 valence electrons. The fourth-order valence-corrected chi connectivity index (χ4v) is 2.10. The van der Waals surface area contributed by atoms with Gasteiger partial charge < -0.3 is 5.32 Å². The Hall–Kier alpha value is -1.49. The first-order valence-electron chi connectivity index (χ1n) is 6.66. The fourth-order valence-electron chi connectivity index (χ4n) is 2.10. The molecule has 0 bridgehead atoms. The van der Waals surface area contributed by atoms with E-state index in [0.717, 1.165) is 11.3 Å². The molecule has 18 heavy (non-hydrogen) atoms. The lowest BCUT2D eigenvalue weighted by molar-refractivity contribution is 0.493. The molecule has 2 nitrogen and oxygen atoms in total. The van der Waals surface area contributed by atoms with Crippen LogP contribution < -0.4 is 5.32 Å². The first-order valence-corrected chi connectivity index (χ1v) is 6.66. The van der Waals surface area contributed by atoms with E-state index >= 15 is 0 Å². The van der Waals surface area contributed by atoms with Crippen LogP contribution in [0.5, 0.6) is 0 Å². The van der Waals surface area contributed by atoms with Crippen LogP contribution in [-0.4, -0.2) is 6.04 Å². The molecular weight excluding hydrogens is 220 g/mol. The average molecular weight is 242 g/mol. The molecule has 0 amide bonds. The van der Waals surface area contributed by atoms with Crippen LogP contribution in [0.15, 0.2) is 24.3 Å². The minimum absolute atomic E-state index is 0.410. The zero-order chi connectivity index (χ0) is 13.4. The highest BCUT2D eigenvalue weighted by Crippen LogP contribution is 2.48. The van der Waals surface area contributed by atoms with Crippen LogP contribution in [0, 0.1) is 16.7 Å². The van der Waals surface area contributed by atoms with Gasteiger partial charge in [0.1, 0.15) is 0 Å². The monoisotopic (exact) mass is 242 g/mol. The summed E-state index contributed by atoms with van der Waals surface area (Å²) in [4.78, 5) is 0. The number of rotatable bonds is 4. The van der Waals surface area contributed by atoms with Crippen molar-refractivity contribution < 1.29 is 0 Å². The van der Waals surface area contributed by atoms with E-state index in [1.807, 2.05) is 26.0 Å². The molecule has 1 aliphatic rings. The second-order valence-corrected chi connectivity index (χ2v) is 6.33. The van der Waals surface area contributed by atoms with Gasteiger partial charge in [0, 0.05) is 11.7 Å². The van der Waals surface area contributed by atoms with E-state index in [4.69, 9.17) is 5.26 Å². The van der Waals surface area contributed by atoms with Gasteiger partial charge in [-0.15, -0.1) is 0 Å². The van der Waals surface area contributed by atoms with Crippen molar-refractivity contribution in [3.8, 4) is 6.07 Å². The number of hydrogen-bond donors (Lipinski definition) is 1. The van der Waals surface area contributed by atoms with Crippen molar-refractivity contribution in [3.05, 3.63) is 29.8 Å². The molecule has 1 aromatic rings. The van der Waals surface area contributed by atoms with Gasteiger partial charge in [-0.3, -0.25) is 0 Å². The topological polar surface area (TPSA) is 35.8 Å². The summed E-state index contributed by atoms with van der Waals surface area (Å²) in [6.45, 7) is 8.48. The lowest BCUT2D eigenvalue weighted by Crippen LogP contribution is -2.24. The SMILES string of the molecule is CC(Nc1ccc(C(C)(C)C#N)cc1)C1(C)CC1. The lowest BCUT2D eigenvalue weighted by atomic mass is 9.86. The van der Waals surface area contributed by atoms with Gasteiger partial charge in [0.2, 0.25) is 0 Å². The lowest BCUT2D eigenvalue weighted by Gasteiger charge is -2.22. The summed E-state index contributed by atoms with van der Waals surface area (Å²) in [6, 6.07) is 11.1. The molecule has 0 aromatic heterocycles. The van der Waals surface area contributed by atoms with Crippen LogP contribution in [0.4, 0.5) is 5.69 Å². The van der Waals surface area contributed by atoms with Gasteiger partial charge in [-0.1, -0.05) is 19.1 Å². The van der Waals surface area contributed by atoms with Crippen LogP contribution in [-0.2, 0) is 5.41 Å². The van der Waals surface area contributed by atoms with Gasteiger partial charge >= 0.3 is 0 Å². The standard InChI is InChI=1S/C16H22N2/c1-12(16(4)9-10-16)18-14-7-5-13(6-8-14)15(2,3)11-17/h5-8,12,18H,9-10H2,1-4H3. The molecule has 1 aromatic carbocycles. The number of anilines is 1. The summed E-state index contributed by atoms with van der Waals surface area (Å²) in [5, 5.41) is 12.7. The molecule has 1 saturated carbocycles. The molecule has 1 aliphatic carbocycles. The quantitative estimate of drug-likeness (QED) is 0.863. The van der Waals surface area contributed by atoms with Crippen molar-refractivity contribution in [1.82, 2.24) is 0 Å². The van der Waals surface area contributed by atoms with Crippen LogP contribution >= 0.6 is 0 Å². The average Bonchev–Trinajstić information content (AvgIpc) is 3.09. The predicted molar refractivity (Wildman–Crippen MR) is 75.5 cm³/mol. The molecule has 2 heteroatoms. The fraction of sp³-hybridized carbons (Fsp3) is 0.562. The highest BCUT2D eigenvalue weighted by Gasteiger charge is 2.42. The molecule has 1 N–H and O–H groups in total. The second kappa shape index (κ2) is 4.31. The van der Waals surface area contributed by atoms with Crippen molar-refractivity contribution in [2.45, 2.75) is 52.0 Å². The highest BCUT2D eigenvalue weighted by atomic mass is 14.9. The number of nitrogens with one attached hydrogen (secondary N) is 1. The third-order valence-corrected chi connectivity index (χ3v) is 4.35. The molecule has 0 radical (unpaired) electrons. The van der Waals surface area contributed by atoms with E-state index < -0.39 is 5.41 Å². The van der Waals surface area contributed by atoms with Crippen molar-refractivity contribution in [1.29, 1.82) is 5.26 Å². The molecule has 2 rings (SSSR count). The number of nitriles is 1. The Morgan fingerprint density at radius 3 is 2.28 bits per heavy atom. The van der Waals surface area contributed by atoms with Crippen molar-refractivity contribution in [2.24, 2.45) is 5.41 Å². The number of benzene rings is 1. The Balaban J connectivity index is 2.07. The Bertz CT molecular complexity index is 461. The molecule has 0 saturated heterocycles. The molecule has 1 unspecified atom stereocenters. The summed E-state index contributed by atoms with van der Waals surface area (Å²) in [5.41, 5.74) is 2.28. The summed E-state index contributed by atoms with van der Waals surface area (Å²) < 4.78 is 0. The largest absolute Gasteiger partial charge is 0.382 e. The first-order chi connectivity index (χ1) is 8.37. The van der Waals surface area contributed by atoms with E-state index in [2.05, 4.69) is 37.4 Å². The normalized spacial score (nSPS) is 18.8. The van der Waals surface area contributed by atoms with E-state index in [0.29, 0.717) is 11.5 Å². The van der Waals surface area contributed by atoms with Gasteiger partial charge in [-0.2, -0.15) is 5.26 Å². The predicted octanol–water partition coefficient (Wildman–Crippen LogP) is 4.09. The van der Waals surface area contributed by atoms with Crippen LogP contribution in [0.2, 0.25) is 0 Å². The third kappa shape index (κ3) is 2.51. The summed E-state index contributed by atoms with van der Waals surface area (Å²) in [7, 11) is 0. The molecule has 0 spiro atoms. The summed E-state index contributed by atoms with van der Waals surface area (Å²) in [6.07, 6.45) is 2.64. The zero-order valence-corrected chi connectivity index (χ0v) is 11.7. The van der Waals surface area contributed by atoms with Crippen molar-refractivity contribution in [3.63, 3.8) is 0 Å². The van der Waals surface area contributed by atoms with Gasteiger partial charge in [0.15, 0.2) is 0 Å². The molecular formula is C16H22N2. The number of nitrogens with zero attached hydrogens (tertiary/aromatic N) is 1. The minimum atomic E-state index is -0.410. The van der Waals surface area contributed by atoms with Crippen LogP contribution in [0.25, 0.3) is 0 Å². The second-order valence-electron chi connectivity index (χ2n) is 6.33. The van der Waals surface area contributed by atoms with E-state index in [9.17, 15) is 0 Å². The Morgan fingerprint density at radius 2 is 1.83 bits per heavy atom. The van der Waals surface area contributed by atoms with Crippen LogP contribution in [0.3, 0.4) is 0 Å². The van der Waals surface area contributed by atoms with Gasteiger partial charge in [0.25, 0.3) is 0 Å². The smallest absolute Gasteiger partial charge is 0.0766 e. The molecule has 1 fully saturated rings. The highest BCUT2D eigenvalue weighted by molar-refractivity contribution is 5.48. The maximum atomic E-state index is 9.11. The Kier molecular flexibility index (Phi) is 3.11. The summed E-state index contributed by atoms with van der Waals surface area (Å²) in [5.74, 6) is 0. The Labute approximate surface area is 110 Å². The Morgan fingerprint density at radius 1 is 1.28 bits per heavy atom. The van der Waals surface area contributed by atoms with Crippen molar-refractivity contribution >= 4 is 5.69 Å². The summed E-state index contributed by atoms with van der Waals surface area (Å²) >= 11 is 0. The van der Waals surface area contributed by atoms with Crippen molar-refractivity contribution in [2.75, 3.05) is 5.32 Å². The number of hydrogen-bond acceptors (Lipinski definition) is 2. The third-order valence-electron chi connectivity index (χ3n) is 4.35. The minimum Gasteiger partial charge on any atom is -0.382 e. The molecule has 0 heterocycles. The zero-order valence-electron chi connectivity index (χ0n) is 11.7. The van der Waals surface area contributed by atoms with E-state index in [1.165, 1.54) is 12.8 Å². The van der Waals surface area contributed by atoms with Crippen LogP contribution in [0.1, 0.15) is 46.1 Å². The molecule has 1 atom stereocenters. The maximum absolute atomic E-state index is 9.11. The van der Waals surface area contributed by atoms with Gasteiger partial charge in [-0.25, -0.2) is 0 Å². The van der Waals surface area contributed by atoms with E-state index in [1.54, 1.807) is 0 Å². The molecule has 0 aliphatic heterocycles. The maximum Gasteiger partial charge on any atom is 0.0766 e. The van der Waals surface area contributed by atoms with Gasteiger partial charge in [0.05, 0.1) is 11.5 Å². The first kappa shape index (κ1) is 13.0. The van der Waals surface area contributed by atoms with Gasteiger partial charge in [-0.05, 0) is 56.7 Å².